The first-order valence-corrected chi connectivity index (χ1v) is 5.92. The third kappa shape index (κ3) is 5.85. The summed E-state index contributed by atoms with van der Waals surface area (Å²) in [7, 11) is 0. The van der Waals surface area contributed by atoms with Gasteiger partial charge in [0.1, 0.15) is 24.2 Å². The summed E-state index contributed by atoms with van der Waals surface area (Å²) < 4.78 is 17.9. The van der Waals surface area contributed by atoms with Crippen LogP contribution in [0.1, 0.15) is 13.8 Å². The highest BCUT2D eigenvalue weighted by Crippen LogP contribution is 2.10. The molecule has 0 aliphatic rings. The van der Waals surface area contributed by atoms with E-state index in [0.29, 0.717) is 12.3 Å². The first kappa shape index (κ1) is 14.9. The number of halogens is 1. The van der Waals surface area contributed by atoms with E-state index >= 15 is 0 Å². The van der Waals surface area contributed by atoms with Gasteiger partial charge in [-0.2, -0.15) is 0 Å². The lowest BCUT2D eigenvalue weighted by Gasteiger charge is -2.13. The highest BCUT2D eigenvalue weighted by atomic mass is 19.1. The second kappa shape index (κ2) is 7.35. The Morgan fingerprint density at radius 3 is 2.53 bits per heavy atom. The zero-order chi connectivity index (χ0) is 14.3. The summed E-state index contributed by atoms with van der Waals surface area (Å²) in [5.41, 5.74) is 0. The van der Waals surface area contributed by atoms with Gasteiger partial charge in [0, 0.05) is 6.92 Å². The van der Waals surface area contributed by atoms with Crippen LogP contribution in [0.25, 0.3) is 0 Å². The summed E-state index contributed by atoms with van der Waals surface area (Å²) >= 11 is 0. The summed E-state index contributed by atoms with van der Waals surface area (Å²) in [6, 6.07) is 5.04. The van der Waals surface area contributed by atoms with E-state index in [1.807, 2.05) is 0 Å². The van der Waals surface area contributed by atoms with Gasteiger partial charge in [-0.25, -0.2) is 4.39 Å². The molecule has 0 aliphatic heterocycles. The van der Waals surface area contributed by atoms with Gasteiger partial charge in [-0.1, -0.05) is 0 Å². The third-order valence-electron chi connectivity index (χ3n) is 2.30. The van der Waals surface area contributed by atoms with Crippen LogP contribution in [-0.2, 0) is 9.59 Å². The van der Waals surface area contributed by atoms with E-state index in [4.69, 9.17) is 4.74 Å². The molecule has 104 valence electrons. The quantitative estimate of drug-likeness (QED) is 0.751. The minimum Gasteiger partial charge on any atom is -0.492 e. The van der Waals surface area contributed by atoms with Crippen LogP contribution in [0.4, 0.5) is 4.39 Å². The van der Waals surface area contributed by atoms with E-state index in [9.17, 15) is 14.0 Å². The number of benzene rings is 1. The molecular weight excluding hydrogens is 251 g/mol. The minimum atomic E-state index is -0.580. The first-order chi connectivity index (χ1) is 8.99. The van der Waals surface area contributed by atoms with E-state index < -0.39 is 6.04 Å². The number of amides is 2. The Bertz CT molecular complexity index is 434. The molecule has 1 unspecified atom stereocenters. The van der Waals surface area contributed by atoms with Crippen LogP contribution in [0.5, 0.6) is 5.75 Å². The van der Waals surface area contributed by atoms with Gasteiger partial charge in [0.2, 0.25) is 11.8 Å². The van der Waals surface area contributed by atoms with Gasteiger partial charge in [0.15, 0.2) is 0 Å². The lowest BCUT2D eigenvalue weighted by atomic mass is 10.3. The lowest BCUT2D eigenvalue weighted by molar-refractivity contribution is -0.127. The molecule has 5 nitrogen and oxygen atoms in total. The molecule has 1 aromatic rings. The van der Waals surface area contributed by atoms with Crippen molar-refractivity contribution in [2.45, 2.75) is 19.9 Å². The SMILES string of the molecule is CC(=O)NC(C)C(=O)NCCOc1ccc(F)cc1. The molecule has 0 radical (unpaired) electrons. The Kier molecular flexibility index (Phi) is 5.78. The summed E-state index contributed by atoms with van der Waals surface area (Å²) in [5.74, 6) is -0.335. The standard InChI is InChI=1S/C13H17FN2O3/c1-9(16-10(2)17)13(18)15-7-8-19-12-5-3-11(14)4-6-12/h3-6,9H,7-8H2,1-2H3,(H,15,18)(H,16,17). The average molecular weight is 268 g/mol. The fraction of sp³-hybridized carbons (Fsp3) is 0.385. The average Bonchev–Trinajstić information content (AvgIpc) is 2.35. The minimum absolute atomic E-state index is 0.259. The number of nitrogens with one attached hydrogen (secondary N) is 2. The zero-order valence-corrected chi connectivity index (χ0v) is 10.9. The number of carbonyl (C=O) groups is 2. The number of hydrogen-bond acceptors (Lipinski definition) is 3. The van der Waals surface area contributed by atoms with E-state index in [-0.39, 0.29) is 24.2 Å². The van der Waals surface area contributed by atoms with Gasteiger partial charge in [-0.05, 0) is 31.2 Å². The Balaban J connectivity index is 2.21. The monoisotopic (exact) mass is 268 g/mol. The van der Waals surface area contributed by atoms with Gasteiger partial charge in [-0.3, -0.25) is 9.59 Å². The summed E-state index contributed by atoms with van der Waals surface area (Å²) in [6.45, 7) is 3.52. The molecule has 2 amide bonds. The van der Waals surface area contributed by atoms with Crippen molar-refractivity contribution >= 4 is 11.8 Å². The van der Waals surface area contributed by atoms with Crippen molar-refractivity contribution in [2.24, 2.45) is 0 Å². The maximum Gasteiger partial charge on any atom is 0.242 e. The van der Waals surface area contributed by atoms with Crippen molar-refractivity contribution < 1.29 is 18.7 Å². The molecule has 0 heterocycles. The van der Waals surface area contributed by atoms with Crippen LogP contribution in [-0.4, -0.2) is 31.0 Å². The van der Waals surface area contributed by atoms with Crippen molar-refractivity contribution in [3.63, 3.8) is 0 Å². The first-order valence-electron chi connectivity index (χ1n) is 5.92. The molecule has 0 aliphatic carbocycles. The smallest absolute Gasteiger partial charge is 0.242 e. The fourth-order valence-electron chi connectivity index (χ4n) is 1.40. The van der Waals surface area contributed by atoms with Crippen LogP contribution in [0.3, 0.4) is 0 Å². The van der Waals surface area contributed by atoms with Crippen molar-refractivity contribution in [1.82, 2.24) is 10.6 Å². The lowest BCUT2D eigenvalue weighted by Crippen LogP contribution is -2.45. The molecule has 1 rings (SSSR count). The molecule has 1 aromatic carbocycles. The highest BCUT2D eigenvalue weighted by Gasteiger charge is 2.12. The molecule has 19 heavy (non-hydrogen) atoms. The maximum atomic E-state index is 12.6. The molecule has 1 atom stereocenters. The summed E-state index contributed by atoms with van der Waals surface area (Å²) in [6.07, 6.45) is 0. The fourth-order valence-corrected chi connectivity index (χ4v) is 1.40. The van der Waals surface area contributed by atoms with Crippen molar-refractivity contribution in [3.8, 4) is 5.75 Å². The molecule has 2 N–H and O–H groups in total. The topological polar surface area (TPSA) is 67.4 Å². The van der Waals surface area contributed by atoms with Gasteiger partial charge in [0.05, 0.1) is 6.54 Å². The molecule has 0 aromatic heterocycles. The van der Waals surface area contributed by atoms with E-state index in [1.54, 1.807) is 6.92 Å². The molecule has 0 fully saturated rings. The number of hydrogen-bond donors (Lipinski definition) is 2. The van der Waals surface area contributed by atoms with Crippen molar-refractivity contribution in [1.29, 1.82) is 0 Å². The Hall–Kier alpha value is -2.11. The van der Waals surface area contributed by atoms with Crippen molar-refractivity contribution in [3.05, 3.63) is 30.1 Å². The second-order valence-electron chi connectivity index (χ2n) is 4.02. The number of carbonyl (C=O) groups excluding carboxylic acids is 2. The van der Waals surface area contributed by atoms with Crippen LogP contribution >= 0.6 is 0 Å². The normalized spacial score (nSPS) is 11.5. The predicted molar refractivity (Wildman–Crippen MR) is 68.2 cm³/mol. The Labute approximate surface area is 111 Å². The number of ether oxygens (including phenoxy) is 1. The van der Waals surface area contributed by atoms with Gasteiger partial charge in [0.25, 0.3) is 0 Å². The Morgan fingerprint density at radius 2 is 1.95 bits per heavy atom. The molecular formula is C13H17FN2O3. The van der Waals surface area contributed by atoms with Gasteiger partial charge >= 0.3 is 0 Å². The third-order valence-corrected chi connectivity index (χ3v) is 2.30. The largest absolute Gasteiger partial charge is 0.492 e. The van der Waals surface area contributed by atoms with Crippen LogP contribution in [0.2, 0.25) is 0 Å². The predicted octanol–water partition coefficient (Wildman–Crippen LogP) is 0.845. The van der Waals surface area contributed by atoms with E-state index in [2.05, 4.69) is 10.6 Å². The zero-order valence-electron chi connectivity index (χ0n) is 10.9. The Morgan fingerprint density at radius 1 is 1.32 bits per heavy atom. The van der Waals surface area contributed by atoms with Gasteiger partial charge in [-0.15, -0.1) is 0 Å². The molecule has 6 heteroatoms. The van der Waals surface area contributed by atoms with Crippen LogP contribution in [0, 0.1) is 5.82 Å². The molecule has 0 spiro atoms. The number of rotatable bonds is 6. The molecule has 0 bridgehead atoms. The summed E-state index contributed by atoms with van der Waals surface area (Å²) in [5, 5.41) is 5.09. The van der Waals surface area contributed by atoms with Crippen molar-refractivity contribution in [2.75, 3.05) is 13.2 Å². The highest BCUT2D eigenvalue weighted by molar-refractivity contribution is 5.86. The van der Waals surface area contributed by atoms with Gasteiger partial charge < -0.3 is 15.4 Å². The van der Waals surface area contributed by atoms with Crippen LogP contribution in [0.15, 0.2) is 24.3 Å². The van der Waals surface area contributed by atoms with E-state index in [1.165, 1.54) is 31.2 Å². The second-order valence-corrected chi connectivity index (χ2v) is 4.02. The van der Waals surface area contributed by atoms with Crippen LogP contribution < -0.4 is 15.4 Å². The van der Waals surface area contributed by atoms with E-state index in [0.717, 1.165) is 0 Å². The maximum absolute atomic E-state index is 12.6. The summed E-state index contributed by atoms with van der Waals surface area (Å²) in [4.78, 5) is 22.3. The molecule has 0 saturated carbocycles. The molecule has 0 saturated heterocycles.